The molecule has 1 aromatic carbocycles. The topological polar surface area (TPSA) is 64.1 Å². The van der Waals surface area contributed by atoms with Gasteiger partial charge >= 0.3 is 0 Å². The molecule has 3 rings (SSSR count). The van der Waals surface area contributed by atoms with Gasteiger partial charge in [0.15, 0.2) is 5.16 Å². The Labute approximate surface area is 146 Å². The predicted molar refractivity (Wildman–Crippen MR) is 95.8 cm³/mol. The zero-order chi connectivity index (χ0) is 16.9. The molecular formula is C18H21N3O2S. The Morgan fingerprint density at radius 1 is 1.21 bits per heavy atom. The highest BCUT2D eigenvalue weighted by atomic mass is 32.2. The maximum absolute atomic E-state index is 12.1. The van der Waals surface area contributed by atoms with E-state index < -0.39 is 0 Å². The molecule has 1 aromatic heterocycles. The van der Waals surface area contributed by atoms with E-state index in [-0.39, 0.29) is 5.91 Å². The second-order valence-electron chi connectivity index (χ2n) is 5.79. The van der Waals surface area contributed by atoms with Crippen LogP contribution >= 0.6 is 11.8 Å². The van der Waals surface area contributed by atoms with Crippen molar-refractivity contribution < 1.29 is 9.53 Å². The number of thioether (sulfide) groups is 1. The SMILES string of the molecule is COc1ccc(NC(=O)CSc2nc(C)c3c(n2)CCCC3)cc1. The second kappa shape index (κ2) is 7.66. The van der Waals surface area contributed by atoms with Gasteiger partial charge in [0.1, 0.15) is 5.75 Å². The Morgan fingerprint density at radius 3 is 2.71 bits per heavy atom. The number of ether oxygens (including phenoxy) is 1. The molecule has 1 amide bonds. The molecule has 1 heterocycles. The molecule has 2 aromatic rings. The predicted octanol–water partition coefficient (Wildman–Crippen LogP) is 3.40. The van der Waals surface area contributed by atoms with Crippen molar-refractivity contribution in [2.75, 3.05) is 18.2 Å². The van der Waals surface area contributed by atoms with E-state index in [1.54, 1.807) is 7.11 Å². The van der Waals surface area contributed by atoms with Gasteiger partial charge in [-0.15, -0.1) is 0 Å². The number of hydrogen-bond donors (Lipinski definition) is 1. The third kappa shape index (κ3) is 4.06. The van der Waals surface area contributed by atoms with E-state index in [0.717, 1.165) is 35.7 Å². The average Bonchev–Trinajstić information content (AvgIpc) is 2.61. The third-order valence-electron chi connectivity index (χ3n) is 4.08. The fourth-order valence-electron chi connectivity index (χ4n) is 2.82. The highest BCUT2D eigenvalue weighted by molar-refractivity contribution is 7.99. The molecule has 0 radical (unpaired) electrons. The third-order valence-corrected chi connectivity index (χ3v) is 4.92. The summed E-state index contributed by atoms with van der Waals surface area (Å²) >= 11 is 1.38. The van der Waals surface area contributed by atoms with Crippen molar-refractivity contribution in [1.29, 1.82) is 0 Å². The van der Waals surface area contributed by atoms with Crippen LogP contribution in [0.3, 0.4) is 0 Å². The summed E-state index contributed by atoms with van der Waals surface area (Å²) < 4.78 is 5.10. The number of benzene rings is 1. The Morgan fingerprint density at radius 2 is 1.96 bits per heavy atom. The number of amides is 1. The summed E-state index contributed by atoms with van der Waals surface area (Å²) in [6.45, 7) is 2.04. The number of nitrogens with zero attached hydrogens (tertiary/aromatic N) is 2. The molecule has 24 heavy (non-hydrogen) atoms. The number of carbonyl (C=O) groups excluding carboxylic acids is 1. The number of carbonyl (C=O) groups is 1. The van der Waals surface area contributed by atoms with Gasteiger partial charge in [-0.05, 0) is 62.4 Å². The van der Waals surface area contributed by atoms with Gasteiger partial charge in [0, 0.05) is 17.1 Å². The van der Waals surface area contributed by atoms with Crippen LogP contribution in [0.25, 0.3) is 0 Å². The lowest BCUT2D eigenvalue weighted by Crippen LogP contribution is -2.15. The van der Waals surface area contributed by atoms with Crippen molar-refractivity contribution >= 4 is 23.4 Å². The number of fused-ring (bicyclic) bond motifs is 1. The van der Waals surface area contributed by atoms with Crippen molar-refractivity contribution in [2.45, 2.75) is 37.8 Å². The molecule has 0 atom stereocenters. The Balaban J connectivity index is 1.58. The number of rotatable bonds is 5. The van der Waals surface area contributed by atoms with Gasteiger partial charge in [0.25, 0.3) is 0 Å². The van der Waals surface area contributed by atoms with E-state index in [4.69, 9.17) is 4.74 Å². The van der Waals surface area contributed by atoms with Crippen molar-refractivity contribution in [3.05, 3.63) is 41.2 Å². The van der Waals surface area contributed by atoms with Crippen LogP contribution < -0.4 is 10.1 Å². The fourth-order valence-corrected chi connectivity index (χ4v) is 3.53. The molecule has 0 spiro atoms. The fraction of sp³-hybridized carbons (Fsp3) is 0.389. The Kier molecular flexibility index (Phi) is 5.35. The summed E-state index contributed by atoms with van der Waals surface area (Å²) in [6, 6.07) is 7.28. The number of aryl methyl sites for hydroxylation is 2. The molecule has 0 fully saturated rings. The zero-order valence-corrected chi connectivity index (χ0v) is 14.8. The normalized spacial score (nSPS) is 13.2. The first-order chi connectivity index (χ1) is 11.7. The van der Waals surface area contributed by atoms with Crippen LogP contribution in [0.1, 0.15) is 29.8 Å². The molecule has 0 aliphatic heterocycles. The van der Waals surface area contributed by atoms with E-state index in [1.807, 2.05) is 31.2 Å². The number of nitrogens with one attached hydrogen (secondary N) is 1. The lowest BCUT2D eigenvalue weighted by molar-refractivity contribution is -0.113. The molecule has 6 heteroatoms. The molecule has 5 nitrogen and oxygen atoms in total. The highest BCUT2D eigenvalue weighted by Crippen LogP contribution is 2.25. The second-order valence-corrected chi connectivity index (χ2v) is 6.73. The summed E-state index contributed by atoms with van der Waals surface area (Å²) in [4.78, 5) is 21.3. The number of aromatic nitrogens is 2. The maximum atomic E-state index is 12.1. The van der Waals surface area contributed by atoms with Gasteiger partial charge < -0.3 is 10.1 Å². The first-order valence-corrected chi connectivity index (χ1v) is 9.07. The van der Waals surface area contributed by atoms with Crippen LogP contribution in [0.5, 0.6) is 5.75 Å². The first-order valence-electron chi connectivity index (χ1n) is 8.09. The molecule has 126 valence electrons. The van der Waals surface area contributed by atoms with Crippen molar-refractivity contribution in [2.24, 2.45) is 0 Å². The van der Waals surface area contributed by atoms with Crippen LogP contribution in [-0.4, -0.2) is 28.7 Å². The Bertz CT molecular complexity index is 732. The van der Waals surface area contributed by atoms with Crippen molar-refractivity contribution in [3.8, 4) is 5.75 Å². The Hall–Kier alpha value is -2.08. The summed E-state index contributed by atoms with van der Waals surface area (Å²) in [7, 11) is 1.62. The monoisotopic (exact) mass is 343 g/mol. The molecule has 1 aliphatic carbocycles. The van der Waals surface area contributed by atoms with Crippen LogP contribution in [0.4, 0.5) is 5.69 Å². The van der Waals surface area contributed by atoms with Crippen molar-refractivity contribution in [1.82, 2.24) is 9.97 Å². The smallest absolute Gasteiger partial charge is 0.234 e. The van der Waals surface area contributed by atoms with Gasteiger partial charge in [-0.1, -0.05) is 11.8 Å². The lowest BCUT2D eigenvalue weighted by atomic mass is 9.95. The molecule has 0 saturated carbocycles. The lowest BCUT2D eigenvalue weighted by Gasteiger charge is -2.17. The van der Waals surface area contributed by atoms with E-state index in [0.29, 0.717) is 10.9 Å². The summed E-state index contributed by atoms with van der Waals surface area (Å²) in [5.74, 6) is 0.994. The molecule has 1 aliphatic rings. The van der Waals surface area contributed by atoms with Gasteiger partial charge in [-0.3, -0.25) is 4.79 Å². The van der Waals surface area contributed by atoms with Crippen LogP contribution in [0.15, 0.2) is 29.4 Å². The number of methoxy groups -OCH3 is 1. The molecule has 0 unspecified atom stereocenters. The van der Waals surface area contributed by atoms with Gasteiger partial charge in [-0.2, -0.15) is 0 Å². The summed E-state index contributed by atoms with van der Waals surface area (Å²) in [5, 5.41) is 3.56. The molecule has 0 saturated heterocycles. The van der Waals surface area contributed by atoms with E-state index in [1.165, 1.54) is 30.2 Å². The van der Waals surface area contributed by atoms with E-state index in [9.17, 15) is 4.79 Å². The van der Waals surface area contributed by atoms with Gasteiger partial charge in [0.05, 0.1) is 12.9 Å². The molecule has 1 N–H and O–H groups in total. The van der Waals surface area contributed by atoms with Gasteiger partial charge in [-0.25, -0.2) is 9.97 Å². The summed E-state index contributed by atoms with van der Waals surface area (Å²) in [6.07, 6.45) is 4.49. The molecular weight excluding hydrogens is 322 g/mol. The van der Waals surface area contributed by atoms with Gasteiger partial charge in [0.2, 0.25) is 5.91 Å². The van der Waals surface area contributed by atoms with Crippen LogP contribution in [0, 0.1) is 6.92 Å². The quantitative estimate of drug-likeness (QED) is 0.666. The largest absolute Gasteiger partial charge is 0.497 e. The first kappa shape index (κ1) is 16.8. The van der Waals surface area contributed by atoms with Crippen LogP contribution in [0.2, 0.25) is 0 Å². The minimum absolute atomic E-state index is 0.0656. The maximum Gasteiger partial charge on any atom is 0.234 e. The van der Waals surface area contributed by atoms with Crippen LogP contribution in [-0.2, 0) is 17.6 Å². The number of hydrogen-bond acceptors (Lipinski definition) is 5. The zero-order valence-electron chi connectivity index (χ0n) is 14.0. The number of anilines is 1. The van der Waals surface area contributed by atoms with Crippen molar-refractivity contribution in [3.63, 3.8) is 0 Å². The minimum Gasteiger partial charge on any atom is -0.497 e. The average molecular weight is 343 g/mol. The van der Waals surface area contributed by atoms with E-state index >= 15 is 0 Å². The summed E-state index contributed by atoms with van der Waals surface area (Å²) in [5.41, 5.74) is 4.27. The molecule has 0 bridgehead atoms. The van der Waals surface area contributed by atoms with E-state index in [2.05, 4.69) is 15.3 Å². The minimum atomic E-state index is -0.0656. The standard InChI is InChI=1S/C18H21N3O2S/c1-12-15-5-3-4-6-16(15)21-18(19-12)24-11-17(22)20-13-7-9-14(23-2)10-8-13/h7-10H,3-6,11H2,1-2H3,(H,20,22). The highest BCUT2D eigenvalue weighted by Gasteiger charge is 2.16.